The molecule has 4 rings (SSSR count). The van der Waals surface area contributed by atoms with E-state index in [-0.39, 0.29) is 11.9 Å². The zero-order valence-electron chi connectivity index (χ0n) is 17.0. The predicted molar refractivity (Wildman–Crippen MR) is 117 cm³/mol. The summed E-state index contributed by atoms with van der Waals surface area (Å²) in [6, 6.07) is 24.9. The number of nitriles is 1. The predicted octanol–water partition coefficient (Wildman–Crippen LogP) is 4.76. The van der Waals surface area contributed by atoms with Gasteiger partial charge in [0.2, 0.25) is 0 Å². The van der Waals surface area contributed by atoms with Gasteiger partial charge in [-0.05, 0) is 55.8 Å². The molecule has 1 aromatic heterocycles. The summed E-state index contributed by atoms with van der Waals surface area (Å²) < 4.78 is 2.12. The van der Waals surface area contributed by atoms with E-state index >= 15 is 0 Å². The largest absolute Gasteiger partial charge is 0.342 e. The molecule has 0 aliphatic heterocycles. The Morgan fingerprint density at radius 2 is 1.77 bits per heavy atom. The number of amides is 1. The van der Waals surface area contributed by atoms with E-state index in [9.17, 15) is 4.79 Å². The summed E-state index contributed by atoms with van der Waals surface area (Å²) in [4.78, 5) is 17.5. The Kier molecular flexibility index (Phi) is 5.32. The third kappa shape index (κ3) is 3.94. The molecule has 1 heterocycles. The fourth-order valence-electron chi connectivity index (χ4n) is 3.51. The standard InChI is InChI=1S/C25H22N4O/c1-17-7-13-21(14-8-17)25(30)27-18(2)24-28-22-5-3-4-6-23(22)29(24)16-20-11-9-19(15-26)10-12-20/h3-14,18H,16H2,1-2H3,(H,27,30). The van der Waals surface area contributed by atoms with Crippen LogP contribution < -0.4 is 5.32 Å². The van der Waals surface area contributed by atoms with Gasteiger partial charge in [0.15, 0.2) is 0 Å². The van der Waals surface area contributed by atoms with Crippen LogP contribution >= 0.6 is 0 Å². The lowest BCUT2D eigenvalue weighted by molar-refractivity contribution is 0.0938. The molecular formula is C25H22N4O. The average molecular weight is 394 g/mol. The van der Waals surface area contributed by atoms with Gasteiger partial charge in [0.05, 0.1) is 28.7 Å². The summed E-state index contributed by atoms with van der Waals surface area (Å²) >= 11 is 0. The molecule has 5 nitrogen and oxygen atoms in total. The maximum absolute atomic E-state index is 12.7. The molecule has 0 fully saturated rings. The zero-order chi connectivity index (χ0) is 21.1. The lowest BCUT2D eigenvalue weighted by atomic mass is 10.1. The molecule has 0 aliphatic rings. The number of carbonyl (C=O) groups excluding carboxylic acids is 1. The first-order chi connectivity index (χ1) is 14.5. The Hall–Kier alpha value is -3.91. The Balaban J connectivity index is 1.65. The molecule has 0 bridgehead atoms. The van der Waals surface area contributed by atoms with Crippen LogP contribution in [0.4, 0.5) is 0 Å². The summed E-state index contributed by atoms with van der Waals surface area (Å²) in [5.41, 5.74) is 5.33. The number of benzene rings is 3. The smallest absolute Gasteiger partial charge is 0.251 e. The monoisotopic (exact) mass is 394 g/mol. The first-order valence-corrected chi connectivity index (χ1v) is 9.87. The van der Waals surface area contributed by atoms with Crippen molar-refractivity contribution in [1.82, 2.24) is 14.9 Å². The number of hydrogen-bond acceptors (Lipinski definition) is 3. The third-order valence-electron chi connectivity index (χ3n) is 5.16. The van der Waals surface area contributed by atoms with Gasteiger partial charge in [-0.15, -0.1) is 0 Å². The molecule has 0 spiro atoms. The van der Waals surface area contributed by atoms with E-state index in [1.54, 1.807) is 0 Å². The van der Waals surface area contributed by atoms with Crippen LogP contribution in [0.3, 0.4) is 0 Å². The van der Waals surface area contributed by atoms with E-state index in [2.05, 4.69) is 16.0 Å². The van der Waals surface area contributed by atoms with Crippen LogP contribution in [0.2, 0.25) is 0 Å². The fraction of sp³-hybridized carbons (Fsp3) is 0.160. The summed E-state index contributed by atoms with van der Waals surface area (Å²) in [5, 5.41) is 12.1. The summed E-state index contributed by atoms with van der Waals surface area (Å²) in [7, 11) is 0. The number of para-hydroxylation sites is 2. The molecule has 30 heavy (non-hydrogen) atoms. The highest BCUT2D eigenvalue weighted by atomic mass is 16.1. The Morgan fingerprint density at radius 3 is 2.47 bits per heavy atom. The number of nitrogens with zero attached hydrogens (tertiary/aromatic N) is 3. The minimum atomic E-state index is -0.274. The van der Waals surface area contributed by atoms with Gasteiger partial charge in [0, 0.05) is 12.1 Å². The molecule has 4 aromatic rings. The summed E-state index contributed by atoms with van der Waals surface area (Å²) in [5.74, 6) is 0.667. The van der Waals surface area contributed by atoms with Crippen molar-refractivity contribution in [3.8, 4) is 6.07 Å². The van der Waals surface area contributed by atoms with E-state index in [4.69, 9.17) is 10.2 Å². The van der Waals surface area contributed by atoms with Crippen molar-refractivity contribution < 1.29 is 4.79 Å². The topological polar surface area (TPSA) is 70.7 Å². The van der Waals surface area contributed by atoms with Crippen LogP contribution in [0.1, 0.15) is 45.8 Å². The van der Waals surface area contributed by atoms with E-state index < -0.39 is 0 Å². The number of rotatable bonds is 5. The molecular weight excluding hydrogens is 372 g/mol. The Morgan fingerprint density at radius 1 is 1.07 bits per heavy atom. The number of nitrogens with one attached hydrogen (secondary N) is 1. The molecule has 3 aromatic carbocycles. The minimum absolute atomic E-state index is 0.125. The van der Waals surface area contributed by atoms with Crippen molar-refractivity contribution in [2.24, 2.45) is 0 Å². The first kappa shape index (κ1) is 19.4. The van der Waals surface area contributed by atoms with Gasteiger partial charge in [0.25, 0.3) is 5.91 Å². The second kappa shape index (κ2) is 8.22. The van der Waals surface area contributed by atoms with E-state index in [0.717, 1.165) is 28.0 Å². The van der Waals surface area contributed by atoms with E-state index in [1.807, 2.05) is 86.6 Å². The second-order valence-corrected chi connectivity index (χ2v) is 7.41. The van der Waals surface area contributed by atoms with Crippen molar-refractivity contribution in [3.63, 3.8) is 0 Å². The number of imidazole rings is 1. The highest BCUT2D eigenvalue weighted by molar-refractivity contribution is 5.94. The molecule has 0 saturated carbocycles. The van der Waals surface area contributed by atoms with Gasteiger partial charge in [-0.1, -0.05) is 42.0 Å². The number of carbonyl (C=O) groups is 1. The van der Waals surface area contributed by atoms with Gasteiger partial charge in [0.1, 0.15) is 5.82 Å². The van der Waals surface area contributed by atoms with Gasteiger partial charge < -0.3 is 9.88 Å². The molecule has 0 aliphatic carbocycles. The Labute approximate surface area is 175 Å². The maximum Gasteiger partial charge on any atom is 0.251 e. The molecule has 5 heteroatoms. The van der Waals surface area contributed by atoms with Crippen molar-refractivity contribution in [1.29, 1.82) is 5.26 Å². The van der Waals surface area contributed by atoms with Gasteiger partial charge >= 0.3 is 0 Å². The number of fused-ring (bicyclic) bond motifs is 1. The Bertz CT molecular complexity index is 1230. The molecule has 1 N–H and O–H groups in total. The lowest BCUT2D eigenvalue weighted by Crippen LogP contribution is -2.28. The number of aromatic nitrogens is 2. The highest BCUT2D eigenvalue weighted by Crippen LogP contribution is 2.23. The molecule has 1 atom stereocenters. The van der Waals surface area contributed by atoms with Crippen LogP contribution in [0.5, 0.6) is 0 Å². The van der Waals surface area contributed by atoms with Crippen LogP contribution in [0, 0.1) is 18.3 Å². The lowest BCUT2D eigenvalue weighted by Gasteiger charge is -2.17. The van der Waals surface area contributed by atoms with Crippen molar-refractivity contribution in [3.05, 3.63) is 101 Å². The molecule has 1 unspecified atom stereocenters. The maximum atomic E-state index is 12.7. The van der Waals surface area contributed by atoms with Crippen LogP contribution in [-0.2, 0) is 6.54 Å². The molecule has 0 saturated heterocycles. The van der Waals surface area contributed by atoms with Crippen LogP contribution in [0.25, 0.3) is 11.0 Å². The normalized spacial score (nSPS) is 11.8. The van der Waals surface area contributed by atoms with E-state index in [0.29, 0.717) is 17.7 Å². The van der Waals surface area contributed by atoms with Gasteiger partial charge in [-0.2, -0.15) is 5.26 Å². The summed E-state index contributed by atoms with van der Waals surface area (Å²) in [6.45, 7) is 4.55. The SMILES string of the molecule is Cc1ccc(C(=O)NC(C)c2nc3ccccc3n2Cc2ccc(C#N)cc2)cc1. The fourth-order valence-corrected chi connectivity index (χ4v) is 3.51. The number of hydrogen-bond donors (Lipinski definition) is 1. The zero-order valence-corrected chi connectivity index (χ0v) is 17.0. The molecule has 1 amide bonds. The van der Waals surface area contributed by atoms with Crippen LogP contribution in [0.15, 0.2) is 72.8 Å². The molecule has 148 valence electrons. The quantitative estimate of drug-likeness (QED) is 0.531. The first-order valence-electron chi connectivity index (χ1n) is 9.87. The molecule has 0 radical (unpaired) electrons. The van der Waals surface area contributed by atoms with Crippen molar-refractivity contribution >= 4 is 16.9 Å². The van der Waals surface area contributed by atoms with Crippen LogP contribution in [-0.4, -0.2) is 15.5 Å². The summed E-state index contributed by atoms with van der Waals surface area (Å²) in [6.07, 6.45) is 0. The van der Waals surface area contributed by atoms with Gasteiger partial charge in [-0.25, -0.2) is 4.98 Å². The minimum Gasteiger partial charge on any atom is -0.342 e. The average Bonchev–Trinajstić information content (AvgIpc) is 3.13. The van der Waals surface area contributed by atoms with E-state index in [1.165, 1.54) is 0 Å². The third-order valence-corrected chi connectivity index (χ3v) is 5.16. The highest BCUT2D eigenvalue weighted by Gasteiger charge is 2.19. The van der Waals surface area contributed by atoms with Crippen molar-refractivity contribution in [2.45, 2.75) is 26.4 Å². The van der Waals surface area contributed by atoms with Gasteiger partial charge in [-0.3, -0.25) is 4.79 Å². The van der Waals surface area contributed by atoms with Crippen molar-refractivity contribution in [2.75, 3.05) is 0 Å². The number of aryl methyl sites for hydroxylation is 1. The second-order valence-electron chi connectivity index (χ2n) is 7.41.